The molecule has 0 bridgehead atoms. The van der Waals surface area contributed by atoms with Crippen molar-refractivity contribution in [3.63, 3.8) is 0 Å². The van der Waals surface area contributed by atoms with Crippen LogP contribution >= 0.6 is 0 Å². The number of benzene rings is 1. The van der Waals surface area contributed by atoms with Crippen LogP contribution in [-0.2, 0) is 0 Å². The summed E-state index contributed by atoms with van der Waals surface area (Å²) in [5.74, 6) is 0.475. The fourth-order valence-electron chi connectivity index (χ4n) is 2.02. The standard InChI is InChI=1S/C14H16FN3/c1-9-4-5-11(15)8-12(9)14(16-3)13-6-7-17-10(2)18-13/h4-8,14,16H,1-3H3. The number of rotatable bonds is 3. The summed E-state index contributed by atoms with van der Waals surface area (Å²) in [5.41, 5.74) is 2.78. The van der Waals surface area contributed by atoms with Gasteiger partial charge in [0.25, 0.3) is 0 Å². The molecular weight excluding hydrogens is 229 g/mol. The molecule has 1 heterocycles. The van der Waals surface area contributed by atoms with Crippen molar-refractivity contribution in [1.82, 2.24) is 15.3 Å². The van der Waals surface area contributed by atoms with E-state index in [-0.39, 0.29) is 11.9 Å². The summed E-state index contributed by atoms with van der Waals surface area (Å²) in [4.78, 5) is 8.47. The van der Waals surface area contributed by atoms with E-state index in [4.69, 9.17) is 0 Å². The first-order valence-corrected chi connectivity index (χ1v) is 5.84. The van der Waals surface area contributed by atoms with E-state index in [1.54, 1.807) is 18.3 Å². The van der Waals surface area contributed by atoms with Gasteiger partial charge >= 0.3 is 0 Å². The molecule has 0 fully saturated rings. The third kappa shape index (κ3) is 2.54. The number of hydrogen-bond donors (Lipinski definition) is 1. The van der Waals surface area contributed by atoms with Crippen LogP contribution < -0.4 is 5.32 Å². The van der Waals surface area contributed by atoms with Gasteiger partial charge in [-0.05, 0) is 50.2 Å². The van der Waals surface area contributed by atoms with Gasteiger partial charge in [0.1, 0.15) is 11.6 Å². The first-order chi connectivity index (χ1) is 8.61. The van der Waals surface area contributed by atoms with Gasteiger partial charge in [-0.15, -0.1) is 0 Å². The molecule has 1 atom stereocenters. The first kappa shape index (κ1) is 12.6. The van der Waals surface area contributed by atoms with Crippen LogP contribution in [0, 0.1) is 19.7 Å². The molecule has 0 saturated carbocycles. The first-order valence-electron chi connectivity index (χ1n) is 5.84. The maximum atomic E-state index is 13.4. The molecule has 94 valence electrons. The lowest BCUT2D eigenvalue weighted by Gasteiger charge is -2.18. The van der Waals surface area contributed by atoms with E-state index in [1.807, 2.05) is 27.0 Å². The molecule has 0 spiro atoms. The van der Waals surface area contributed by atoms with Crippen LogP contribution in [0.1, 0.15) is 28.7 Å². The van der Waals surface area contributed by atoms with Crippen LogP contribution in [0.4, 0.5) is 4.39 Å². The minimum atomic E-state index is -0.235. The van der Waals surface area contributed by atoms with E-state index < -0.39 is 0 Å². The van der Waals surface area contributed by atoms with E-state index in [2.05, 4.69) is 15.3 Å². The highest BCUT2D eigenvalue weighted by atomic mass is 19.1. The number of halogens is 1. The van der Waals surface area contributed by atoms with Gasteiger partial charge in [-0.25, -0.2) is 14.4 Å². The predicted molar refractivity (Wildman–Crippen MR) is 68.8 cm³/mol. The maximum absolute atomic E-state index is 13.4. The highest BCUT2D eigenvalue weighted by molar-refractivity contribution is 5.34. The maximum Gasteiger partial charge on any atom is 0.125 e. The highest BCUT2D eigenvalue weighted by Gasteiger charge is 2.16. The highest BCUT2D eigenvalue weighted by Crippen LogP contribution is 2.23. The molecule has 1 aromatic heterocycles. The van der Waals surface area contributed by atoms with Crippen molar-refractivity contribution >= 4 is 0 Å². The second-order valence-electron chi connectivity index (χ2n) is 4.25. The fraction of sp³-hybridized carbons (Fsp3) is 0.286. The third-order valence-corrected chi connectivity index (χ3v) is 2.93. The van der Waals surface area contributed by atoms with Crippen LogP contribution in [0.15, 0.2) is 30.5 Å². The minimum Gasteiger partial charge on any atom is -0.308 e. The second kappa shape index (κ2) is 5.23. The van der Waals surface area contributed by atoms with Crippen molar-refractivity contribution in [1.29, 1.82) is 0 Å². The minimum absolute atomic E-state index is 0.123. The van der Waals surface area contributed by atoms with Gasteiger partial charge in [0.05, 0.1) is 11.7 Å². The van der Waals surface area contributed by atoms with Crippen LogP contribution in [0.5, 0.6) is 0 Å². The molecule has 0 saturated heterocycles. The van der Waals surface area contributed by atoms with Gasteiger partial charge in [-0.1, -0.05) is 6.07 Å². The Kier molecular flexibility index (Phi) is 3.67. The molecule has 3 nitrogen and oxygen atoms in total. The Balaban J connectivity index is 2.48. The van der Waals surface area contributed by atoms with Gasteiger partial charge in [0.2, 0.25) is 0 Å². The van der Waals surface area contributed by atoms with Gasteiger partial charge in [0.15, 0.2) is 0 Å². The lowest BCUT2D eigenvalue weighted by molar-refractivity contribution is 0.611. The average molecular weight is 245 g/mol. The van der Waals surface area contributed by atoms with Crippen LogP contribution in [0.25, 0.3) is 0 Å². The summed E-state index contributed by atoms with van der Waals surface area (Å²) in [6, 6.07) is 6.52. The summed E-state index contributed by atoms with van der Waals surface area (Å²) in [6.45, 7) is 3.81. The number of aryl methyl sites for hydroxylation is 2. The topological polar surface area (TPSA) is 37.8 Å². The third-order valence-electron chi connectivity index (χ3n) is 2.93. The van der Waals surface area contributed by atoms with Gasteiger partial charge in [0, 0.05) is 6.20 Å². The molecule has 0 aliphatic carbocycles. The lowest BCUT2D eigenvalue weighted by Crippen LogP contribution is -2.20. The molecule has 0 aliphatic heterocycles. The van der Waals surface area contributed by atoms with Crippen LogP contribution in [0.3, 0.4) is 0 Å². The molecule has 0 aliphatic rings. The smallest absolute Gasteiger partial charge is 0.125 e. The molecule has 2 rings (SSSR count). The average Bonchev–Trinajstić information content (AvgIpc) is 2.35. The molecule has 0 radical (unpaired) electrons. The van der Waals surface area contributed by atoms with E-state index in [9.17, 15) is 4.39 Å². The Bertz CT molecular complexity index is 554. The van der Waals surface area contributed by atoms with Crippen LogP contribution in [-0.4, -0.2) is 17.0 Å². The zero-order valence-electron chi connectivity index (χ0n) is 10.7. The normalized spacial score (nSPS) is 12.4. The molecule has 1 aromatic carbocycles. The van der Waals surface area contributed by atoms with Crippen molar-refractivity contribution in [2.75, 3.05) is 7.05 Å². The molecule has 0 amide bonds. The number of hydrogen-bond acceptors (Lipinski definition) is 3. The molecule has 1 unspecified atom stereocenters. The Labute approximate surface area is 106 Å². The Morgan fingerprint density at radius 3 is 2.67 bits per heavy atom. The molecule has 18 heavy (non-hydrogen) atoms. The van der Waals surface area contributed by atoms with E-state index in [1.165, 1.54) is 6.07 Å². The number of nitrogens with one attached hydrogen (secondary N) is 1. The fourth-order valence-corrected chi connectivity index (χ4v) is 2.02. The lowest BCUT2D eigenvalue weighted by atomic mass is 9.98. The zero-order chi connectivity index (χ0) is 13.1. The van der Waals surface area contributed by atoms with Crippen molar-refractivity contribution in [3.05, 3.63) is 58.9 Å². The Morgan fingerprint density at radius 2 is 2.00 bits per heavy atom. The molecule has 2 aromatic rings. The van der Waals surface area contributed by atoms with E-state index in [0.29, 0.717) is 5.82 Å². The van der Waals surface area contributed by atoms with Crippen molar-refractivity contribution < 1.29 is 4.39 Å². The van der Waals surface area contributed by atoms with Gasteiger partial charge < -0.3 is 5.32 Å². The summed E-state index contributed by atoms with van der Waals surface area (Å²) in [7, 11) is 1.84. The van der Waals surface area contributed by atoms with Crippen molar-refractivity contribution in [2.24, 2.45) is 0 Å². The predicted octanol–water partition coefficient (Wildman–Crippen LogP) is 2.54. The SMILES string of the molecule is CNC(c1ccnc(C)n1)c1cc(F)ccc1C. The summed E-state index contributed by atoms with van der Waals surface area (Å²) < 4.78 is 13.4. The summed E-state index contributed by atoms with van der Waals surface area (Å²) >= 11 is 0. The van der Waals surface area contributed by atoms with Gasteiger partial charge in [-0.3, -0.25) is 0 Å². The summed E-state index contributed by atoms with van der Waals surface area (Å²) in [5, 5.41) is 3.17. The summed E-state index contributed by atoms with van der Waals surface area (Å²) in [6.07, 6.45) is 1.72. The quantitative estimate of drug-likeness (QED) is 0.903. The Morgan fingerprint density at radius 1 is 1.22 bits per heavy atom. The zero-order valence-corrected chi connectivity index (χ0v) is 10.7. The Hall–Kier alpha value is -1.81. The molecular formula is C14H16FN3. The number of aromatic nitrogens is 2. The van der Waals surface area contributed by atoms with Crippen molar-refractivity contribution in [2.45, 2.75) is 19.9 Å². The van der Waals surface area contributed by atoms with Crippen molar-refractivity contribution in [3.8, 4) is 0 Å². The largest absolute Gasteiger partial charge is 0.308 e. The second-order valence-corrected chi connectivity index (χ2v) is 4.25. The van der Waals surface area contributed by atoms with E-state index >= 15 is 0 Å². The monoisotopic (exact) mass is 245 g/mol. The molecule has 4 heteroatoms. The molecule has 1 N–H and O–H groups in total. The van der Waals surface area contributed by atoms with Gasteiger partial charge in [-0.2, -0.15) is 0 Å². The van der Waals surface area contributed by atoms with Crippen LogP contribution in [0.2, 0.25) is 0 Å². The van der Waals surface area contributed by atoms with E-state index in [0.717, 1.165) is 16.8 Å². The number of nitrogens with zero attached hydrogens (tertiary/aromatic N) is 2.